The molecule has 1 aliphatic rings. The summed E-state index contributed by atoms with van der Waals surface area (Å²) in [6.45, 7) is 8.46. The first-order valence-electron chi connectivity index (χ1n) is 9.48. The molecule has 4 rings (SSSR count). The van der Waals surface area contributed by atoms with Gasteiger partial charge in [0.15, 0.2) is 6.10 Å². The van der Waals surface area contributed by atoms with Crippen molar-refractivity contribution < 1.29 is 9.53 Å². The average molecular weight is 380 g/mol. The first-order chi connectivity index (χ1) is 13.5. The average Bonchev–Trinajstić information content (AvgIpc) is 3.09. The topological polar surface area (TPSA) is 75.9 Å². The molecule has 1 atom stereocenters. The smallest absolute Gasteiger partial charge is 0.263 e. The molecule has 146 valence electrons. The molecule has 1 aliphatic heterocycles. The van der Waals surface area contributed by atoms with Gasteiger partial charge < -0.3 is 14.5 Å². The van der Waals surface area contributed by atoms with Crippen LogP contribution in [-0.4, -0.2) is 62.7 Å². The minimum Gasteiger partial charge on any atom is -0.481 e. The van der Waals surface area contributed by atoms with Crippen LogP contribution in [0, 0.1) is 13.8 Å². The molecule has 0 bridgehead atoms. The van der Waals surface area contributed by atoms with Gasteiger partial charge in [-0.1, -0.05) is 18.2 Å². The number of aromatic nitrogens is 4. The van der Waals surface area contributed by atoms with E-state index >= 15 is 0 Å². The summed E-state index contributed by atoms with van der Waals surface area (Å²) in [5.41, 5.74) is 1.05. The molecule has 1 fully saturated rings. The number of nitrogens with zero attached hydrogens (tertiary/aromatic N) is 6. The molecule has 0 saturated carbocycles. The molecule has 28 heavy (non-hydrogen) atoms. The summed E-state index contributed by atoms with van der Waals surface area (Å²) in [7, 11) is 0. The van der Waals surface area contributed by atoms with Crippen LogP contribution in [0.5, 0.6) is 5.75 Å². The lowest BCUT2D eigenvalue weighted by molar-refractivity contribution is -0.138. The molecule has 3 heterocycles. The van der Waals surface area contributed by atoms with E-state index < -0.39 is 6.10 Å². The van der Waals surface area contributed by atoms with Crippen LogP contribution in [-0.2, 0) is 4.79 Å². The van der Waals surface area contributed by atoms with Crippen molar-refractivity contribution in [2.45, 2.75) is 26.9 Å². The van der Waals surface area contributed by atoms with Gasteiger partial charge in [-0.3, -0.25) is 9.20 Å². The Labute approximate surface area is 163 Å². The van der Waals surface area contributed by atoms with E-state index in [0.29, 0.717) is 24.6 Å². The van der Waals surface area contributed by atoms with E-state index in [-0.39, 0.29) is 5.91 Å². The minimum atomic E-state index is -0.510. The zero-order valence-corrected chi connectivity index (χ0v) is 16.4. The molecule has 1 saturated heterocycles. The van der Waals surface area contributed by atoms with Crippen LogP contribution in [0.1, 0.15) is 18.4 Å². The van der Waals surface area contributed by atoms with Gasteiger partial charge in [0.2, 0.25) is 0 Å². The highest BCUT2D eigenvalue weighted by Gasteiger charge is 2.27. The fourth-order valence-corrected chi connectivity index (χ4v) is 3.55. The standard InChI is InChI=1S/C20H24N6O2/c1-14-13-18(21-20-23-22-16(3)26(14)20)24-9-11-25(12-10-24)19(27)15(2)28-17-7-5-4-6-8-17/h4-8,13,15H,9-12H2,1-3H3. The minimum absolute atomic E-state index is 0.0103. The molecule has 0 radical (unpaired) electrons. The van der Waals surface area contributed by atoms with E-state index in [1.807, 2.05) is 59.5 Å². The maximum absolute atomic E-state index is 12.7. The molecule has 0 spiro atoms. The molecular formula is C20H24N6O2. The number of piperazine rings is 1. The van der Waals surface area contributed by atoms with Crippen molar-refractivity contribution in [2.24, 2.45) is 0 Å². The van der Waals surface area contributed by atoms with Gasteiger partial charge in [0, 0.05) is 37.9 Å². The number of fused-ring (bicyclic) bond motifs is 1. The predicted octanol–water partition coefficient (Wildman–Crippen LogP) is 1.86. The highest BCUT2D eigenvalue weighted by Crippen LogP contribution is 2.19. The summed E-state index contributed by atoms with van der Waals surface area (Å²) in [6.07, 6.45) is -0.510. The van der Waals surface area contributed by atoms with Crippen LogP contribution in [0.2, 0.25) is 0 Å². The quantitative estimate of drug-likeness (QED) is 0.688. The van der Waals surface area contributed by atoms with Crippen molar-refractivity contribution in [3.63, 3.8) is 0 Å². The van der Waals surface area contributed by atoms with Crippen LogP contribution >= 0.6 is 0 Å². The van der Waals surface area contributed by atoms with Gasteiger partial charge in [0.05, 0.1) is 0 Å². The lowest BCUT2D eigenvalue weighted by Crippen LogP contribution is -2.52. The van der Waals surface area contributed by atoms with E-state index in [2.05, 4.69) is 20.1 Å². The number of carbonyl (C=O) groups excluding carboxylic acids is 1. The first kappa shape index (κ1) is 18.2. The van der Waals surface area contributed by atoms with E-state index in [4.69, 9.17) is 4.74 Å². The maximum Gasteiger partial charge on any atom is 0.263 e. The molecule has 3 aromatic rings. The summed E-state index contributed by atoms with van der Waals surface area (Å²) in [4.78, 5) is 21.4. The monoisotopic (exact) mass is 380 g/mol. The third-order valence-electron chi connectivity index (χ3n) is 5.03. The number of carbonyl (C=O) groups is 1. The second-order valence-corrected chi connectivity index (χ2v) is 7.02. The molecule has 8 heteroatoms. The van der Waals surface area contributed by atoms with Gasteiger partial charge in [-0.15, -0.1) is 10.2 Å². The van der Waals surface area contributed by atoms with Gasteiger partial charge in [-0.25, -0.2) is 0 Å². The lowest BCUT2D eigenvalue weighted by Gasteiger charge is -2.36. The molecule has 0 aliphatic carbocycles. The number of amides is 1. The SMILES string of the molecule is Cc1cc(N2CCN(C(=O)C(C)Oc3ccccc3)CC2)nc2nnc(C)n12. The van der Waals surface area contributed by atoms with Crippen molar-refractivity contribution in [1.29, 1.82) is 0 Å². The van der Waals surface area contributed by atoms with Crippen molar-refractivity contribution in [3.05, 3.63) is 47.9 Å². The zero-order valence-electron chi connectivity index (χ0n) is 16.4. The predicted molar refractivity (Wildman–Crippen MR) is 106 cm³/mol. The van der Waals surface area contributed by atoms with Crippen LogP contribution in [0.3, 0.4) is 0 Å². The van der Waals surface area contributed by atoms with E-state index in [1.165, 1.54) is 0 Å². The largest absolute Gasteiger partial charge is 0.481 e. The van der Waals surface area contributed by atoms with Crippen molar-refractivity contribution in [3.8, 4) is 5.75 Å². The number of anilines is 1. The molecule has 1 amide bonds. The number of ether oxygens (including phenoxy) is 1. The fraction of sp³-hybridized carbons (Fsp3) is 0.400. The highest BCUT2D eigenvalue weighted by molar-refractivity contribution is 5.81. The van der Waals surface area contributed by atoms with Crippen LogP contribution in [0.15, 0.2) is 36.4 Å². The molecule has 1 unspecified atom stereocenters. The molecule has 0 N–H and O–H groups in total. The second kappa shape index (κ2) is 7.46. The summed E-state index contributed by atoms with van der Waals surface area (Å²) in [6, 6.07) is 11.5. The van der Waals surface area contributed by atoms with Crippen molar-refractivity contribution in [2.75, 3.05) is 31.1 Å². The van der Waals surface area contributed by atoms with Gasteiger partial charge in [-0.2, -0.15) is 4.98 Å². The Hall–Kier alpha value is -3.16. The van der Waals surface area contributed by atoms with Crippen molar-refractivity contribution >= 4 is 17.5 Å². The van der Waals surface area contributed by atoms with E-state index in [0.717, 1.165) is 30.4 Å². The van der Waals surface area contributed by atoms with Gasteiger partial charge in [0.25, 0.3) is 11.7 Å². The fourth-order valence-electron chi connectivity index (χ4n) is 3.55. The lowest BCUT2D eigenvalue weighted by atomic mass is 10.2. The number of hydrogen-bond acceptors (Lipinski definition) is 6. The Balaban J connectivity index is 1.39. The van der Waals surface area contributed by atoms with Gasteiger partial charge >= 0.3 is 0 Å². The molecule has 2 aromatic heterocycles. The van der Waals surface area contributed by atoms with E-state index in [9.17, 15) is 4.79 Å². The Kier molecular flexibility index (Phi) is 4.85. The van der Waals surface area contributed by atoms with Gasteiger partial charge in [-0.05, 0) is 32.9 Å². The Morgan fingerprint density at radius 3 is 2.50 bits per heavy atom. The third kappa shape index (κ3) is 3.49. The normalized spacial score (nSPS) is 15.7. The molecular weight excluding hydrogens is 356 g/mol. The summed E-state index contributed by atoms with van der Waals surface area (Å²) in [5, 5.41) is 8.23. The Morgan fingerprint density at radius 2 is 1.79 bits per heavy atom. The highest BCUT2D eigenvalue weighted by atomic mass is 16.5. The maximum atomic E-state index is 12.7. The summed E-state index contributed by atoms with van der Waals surface area (Å²) in [5.74, 6) is 3.03. The van der Waals surface area contributed by atoms with Crippen LogP contribution in [0.25, 0.3) is 5.78 Å². The summed E-state index contributed by atoms with van der Waals surface area (Å²) < 4.78 is 7.71. The number of aryl methyl sites for hydroxylation is 2. The van der Waals surface area contributed by atoms with Crippen molar-refractivity contribution in [1.82, 2.24) is 24.5 Å². The summed E-state index contributed by atoms with van der Waals surface area (Å²) >= 11 is 0. The molecule has 8 nitrogen and oxygen atoms in total. The van der Waals surface area contributed by atoms with Gasteiger partial charge in [0.1, 0.15) is 17.4 Å². The number of benzene rings is 1. The number of para-hydroxylation sites is 1. The van der Waals surface area contributed by atoms with Crippen LogP contribution in [0.4, 0.5) is 5.82 Å². The van der Waals surface area contributed by atoms with E-state index in [1.54, 1.807) is 6.92 Å². The molecule has 1 aromatic carbocycles. The Bertz CT molecular complexity index is 979. The first-order valence-corrected chi connectivity index (χ1v) is 9.48. The second-order valence-electron chi connectivity index (χ2n) is 7.02. The number of hydrogen-bond donors (Lipinski definition) is 0. The Morgan fingerprint density at radius 1 is 1.07 bits per heavy atom. The number of rotatable bonds is 4. The van der Waals surface area contributed by atoms with Crippen LogP contribution < -0.4 is 9.64 Å². The third-order valence-corrected chi connectivity index (χ3v) is 5.03. The zero-order chi connectivity index (χ0) is 19.7.